The summed E-state index contributed by atoms with van der Waals surface area (Å²) in [4.78, 5) is 20.9. The Hall–Kier alpha value is -2.36. The Morgan fingerprint density at radius 1 is 1.18 bits per heavy atom. The Bertz CT molecular complexity index is 783. The van der Waals surface area contributed by atoms with E-state index in [4.69, 9.17) is 4.74 Å². The number of rotatable bonds is 8. The Kier molecular flexibility index (Phi) is 10.9. The van der Waals surface area contributed by atoms with E-state index in [1.807, 2.05) is 50.2 Å². The fourth-order valence-electron chi connectivity index (χ4n) is 2.40. The number of halogens is 1. The maximum absolute atomic E-state index is 12.0. The lowest BCUT2D eigenvalue weighted by Crippen LogP contribution is -2.38. The number of anilines is 1. The van der Waals surface area contributed by atoms with Crippen LogP contribution in [0.3, 0.4) is 0 Å². The van der Waals surface area contributed by atoms with Crippen LogP contribution in [-0.2, 0) is 11.3 Å². The number of aryl methyl sites for hydroxylation is 1. The van der Waals surface area contributed by atoms with E-state index >= 15 is 0 Å². The van der Waals surface area contributed by atoms with Crippen LogP contribution in [0.4, 0.5) is 5.82 Å². The van der Waals surface area contributed by atoms with Gasteiger partial charge in [-0.15, -0.1) is 24.0 Å². The minimum Gasteiger partial charge on any atom is -0.497 e. The standard InChI is InChI=1S/C20H27N5O2.HI/c1-4-21-20(23-14-16-8-6-9-17(13-16)27-3)22-12-11-19(26)25-18-10-5-7-15(2)24-18;/h5-10,13H,4,11-12,14H2,1-3H3,(H2,21,22,23)(H,24,25,26);1H. The molecule has 0 unspecified atom stereocenters. The minimum atomic E-state index is -0.0933. The number of aromatic nitrogens is 1. The molecule has 7 nitrogen and oxygen atoms in total. The van der Waals surface area contributed by atoms with Crippen molar-refractivity contribution < 1.29 is 9.53 Å². The number of nitrogens with zero attached hydrogens (tertiary/aromatic N) is 2. The number of aliphatic imine (C=N–C) groups is 1. The maximum Gasteiger partial charge on any atom is 0.227 e. The minimum absolute atomic E-state index is 0. The summed E-state index contributed by atoms with van der Waals surface area (Å²) < 4.78 is 5.23. The molecule has 1 heterocycles. The molecule has 1 amide bonds. The molecule has 1 aromatic carbocycles. The quantitative estimate of drug-likeness (QED) is 0.297. The van der Waals surface area contributed by atoms with Crippen molar-refractivity contribution in [3.05, 3.63) is 53.7 Å². The van der Waals surface area contributed by atoms with Crippen LogP contribution < -0.4 is 20.7 Å². The van der Waals surface area contributed by atoms with E-state index in [1.165, 1.54) is 0 Å². The van der Waals surface area contributed by atoms with Gasteiger partial charge in [-0.3, -0.25) is 4.79 Å². The second kappa shape index (κ2) is 12.9. The Labute approximate surface area is 183 Å². The van der Waals surface area contributed by atoms with Crippen molar-refractivity contribution in [1.82, 2.24) is 15.6 Å². The van der Waals surface area contributed by atoms with Gasteiger partial charge in [-0.1, -0.05) is 18.2 Å². The molecule has 0 aliphatic heterocycles. The molecule has 0 aliphatic rings. The summed E-state index contributed by atoms with van der Waals surface area (Å²) in [6.07, 6.45) is 0.319. The number of guanidine groups is 1. The van der Waals surface area contributed by atoms with E-state index in [9.17, 15) is 4.79 Å². The van der Waals surface area contributed by atoms with Crippen molar-refractivity contribution in [2.45, 2.75) is 26.8 Å². The molecule has 0 spiro atoms. The number of methoxy groups -OCH3 is 1. The zero-order valence-corrected chi connectivity index (χ0v) is 18.8. The van der Waals surface area contributed by atoms with Gasteiger partial charge >= 0.3 is 0 Å². The first kappa shape index (κ1) is 23.7. The number of nitrogens with one attached hydrogen (secondary N) is 3. The Morgan fingerprint density at radius 3 is 2.68 bits per heavy atom. The molecule has 2 rings (SSSR count). The van der Waals surface area contributed by atoms with Gasteiger partial charge in [0.25, 0.3) is 0 Å². The van der Waals surface area contributed by atoms with Gasteiger partial charge in [-0.05, 0) is 43.7 Å². The van der Waals surface area contributed by atoms with Crippen LogP contribution in [0.5, 0.6) is 5.75 Å². The second-order valence-electron chi connectivity index (χ2n) is 5.94. The van der Waals surface area contributed by atoms with Crippen molar-refractivity contribution in [3.8, 4) is 5.75 Å². The smallest absolute Gasteiger partial charge is 0.227 e. The Morgan fingerprint density at radius 2 is 1.96 bits per heavy atom. The first-order chi connectivity index (χ1) is 13.1. The maximum atomic E-state index is 12.0. The largest absolute Gasteiger partial charge is 0.497 e. The van der Waals surface area contributed by atoms with Crippen LogP contribution >= 0.6 is 24.0 Å². The molecule has 0 radical (unpaired) electrons. The van der Waals surface area contributed by atoms with Gasteiger partial charge in [0, 0.05) is 25.2 Å². The van der Waals surface area contributed by atoms with E-state index in [0.717, 1.165) is 23.6 Å². The average molecular weight is 497 g/mol. The molecule has 0 fully saturated rings. The van der Waals surface area contributed by atoms with Crippen LogP contribution in [0.15, 0.2) is 47.5 Å². The lowest BCUT2D eigenvalue weighted by atomic mass is 10.2. The third-order valence-corrected chi connectivity index (χ3v) is 3.70. The van der Waals surface area contributed by atoms with Crippen molar-refractivity contribution in [2.24, 2.45) is 4.99 Å². The predicted octanol–water partition coefficient (Wildman–Crippen LogP) is 3.10. The van der Waals surface area contributed by atoms with Gasteiger partial charge in [-0.2, -0.15) is 0 Å². The zero-order chi connectivity index (χ0) is 19.5. The van der Waals surface area contributed by atoms with Crippen LogP contribution in [-0.4, -0.2) is 37.1 Å². The summed E-state index contributed by atoms with van der Waals surface area (Å²) in [5.74, 6) is 1.95. The van der Waals surface area contributed by atoms with Crippen LogP contribution in [0.1, 0.15) is 24.6 Å². The van der Waals surface area contributed by atoms with E-state index in [-0.39, 0.29) is 29.9 Å². The number of pyridine rings is 1. The first-order valence-electron chi connectivity index (χ1n) is 8.99. The number of ether oxygens (including phenoxy) is 1. The summed E-state index contributed by atoms with van der Waals surface area (Å²) in [7, 11) is 1.64. The normalized spacial score (nSPS) is 10.6. The fourth-order valence-corrected chi connectivity index (χ4v) is 2.40. The monoisotopic (exact) mass is 497 g/mol. The SMILES string of the molecule is CCNC(=NCc1cccc(OC)c1)NCCC(=O)Nc1cccc(C)n1.I. The molecule has 0 atom stereocenters. The number of hydrogen-bond donors (Lipinski definition) is 3. The van der Waals surface area contributed by atoms with E-state index < -0.39 is 0 Å². The molecule has 152 valence electrons. The van der Waals surface area contributed by atoms with Crippen LogP contribution in [0, 0.1) is 6.92 Å². The van der Waals surface area contributed by atoms with Gasteiger partial charge in [0.05, 0.1) is 13.7 Å². The van der Waals surface area contributed by atoms with Gasteiger partial charge in [-0.25, -0.2) is 9.98 Å². The Balaban J connectivity index is 0.00000392. The zero-order valence-electron chi connectivity index (χ0n) is 16.5. The summed E-state index contributed by atoms with van der Waals surface area (Å²) >= 11 is 0. The van der Waals surface area contributed by atoms with Gasteiger partial charge in [0.2, 0.25) is 5.91 Å². The van der Waals surface area contributed by atoms with E-state index in [0.29, 0.717) is 31.3 Å². The van der Waals surface area contributed by atoms with Crippen molar-refractivity contribution in [3.63, 3.8) is 0 Å². The van der Waals surface area contributed by atoms with Crippen LogP contribution in [0.25, 0.3) is 0 Å². The summed E-state index contributed by atoms with van der Waals surface area (Å²) in [6.45, 7) is 5.62. The van der Waals surface area contributed by atoms with E-state index in [2.05, 4.69) is 25.9 Å². The van der Waals surface area contributed by atoms with Gasteiger partial charge in [0.1, 0.15) is 11.6 Å². The number of amides is 1. The lowest BCUT2D eigenvalue weighted by molar-refractivity contribution is -0.116. The van der Waals surface area contributed by atoms with Crippen molar-refractivity contribution >= 4 is 41.7 Å². The molecule has 8 heteroatoms. The van der Waals surface area contributed by atoms with Gasteiger partial charge < -0.3 is 20.7 Å². The highest BCUT2D eigenvalue weighted by Gasteiger charge is 2.05. The molecule has 0 saturated carbocycles. The molecule has 1 aromatic heterocycles. The van der Waals surface area contributed by atoms with Crippen molar-refractivity contribution in [2.75, 3.05) is 25.5 Å². The summed E-state index contributed by atoms with van der Waals surface area (Å²) in [6, 6.07) is 13.3. The molecule has 2 aromatic rings. The lowest BCUT2D eigenvalue weighted by Gasteiger charge is -2.11. The van der Waals surface area contributed by atoms with Gasteiger partial charge in [0.15, 0.2) is 5.96 Å². The predicted molar refractivity (Wildman–Crippen MR) is 123 cm³/mol. The summed E-state index contributed by atoms with van der Waals surface area (Å²) in [5.41, 5.74) is 1.92. The highest BCUT2D eigenvalue weighted by atomic mass is 127. The second-order valence-corrected chi connectivity index (χ2v) is 5.94. The highest BCUT2D eigenvalue weighted by molar-refractivity contribution is 14.0. The third kappa shape index (κ3) is 8.55. The molecule has 0 saturated heterocycles. The molecular weight excluding hydrogens is 469 g/mol. The molecule has 3 N–H and O–H groups in total. The molecular formula is C20H28IN5O2. The highest BCUT2D eigenvalue weighted by Crippen LogP contribution is 2.13. The third-order valence-electron chi connectivity index (χ3n) is 3.70. The first-order valence-corrected chi connectivity index (χ1v) is 8.99. The fraction of sp³-hybridized carbons (Fsp3) is 0.350. The number of hydrogen-bond acceptors (Lipinski definition) is 4. The van der Waals surface area contributed by atoms with E-state index in [1.54, 1.807) is 13.2 Å². The van der Waals surface area contributed by atoms with Crippen LogP contribution in [0.2, 0.25) is 0 Å². The number of carbonyl (C=O) groups excluding carboxylic acids is 1. The summed E-state index contributed by atoms with van der Waals surface area (Å²) in [5, 5.41) is 9.14. The molecule has 0 bridgehead atoms. The van der Waals surface area contributed by atoms with Crippen molar-refractivity contribution in [1.29, 1.82) is 0 Å². The topological polar surface area (TPSA) is 87.6 Å². The number of benzene rings is 1. The number of carbonyl (C=O) groups is 1. The average Bonchev–Trinajstić information content (AvgIpc) is 2.66. The molecule has 28 heavy (non-hydrogen) atoms. The molecule has 0 aliphatic carbocycles.